The van der Waals surface area contributed by atoms with Crippen molar-refractivity contribution in [3.8, 4) is 5.75 Å². The van der Waals surface area contributed by atoms with Crippen LogP contribution in [-0.4, -0.2) is 25.9 Å². The maximum atomic E-state index is 13.5. The fourth-order valence-corrected chi connectivity index (χ4v) is 6.07. The van der Waals surface area contributed by atoms with Gasteiger partial charge in [0.15, 0.2) is 0 Å². The Morgan fingerprint density at radius 2 is 1.06 bits per heavy atom. The molecule has 0 heterocycles. The number of hydrogen-bond acceptors (Lipinski definition) is 15. The molecule has 6 aromatic rings. The summed E-state index contributed by atoms with van der Waals surface area (Å²) in [5, 5.41) is 38.5. The molecular formula is C32H23N9Na2O7S2. The zero-order valence-electron chi connectivity index (χ0n) is 27.4. The van der Waals surface area contributed by atoms with Crippen LogP contribution in [0.3, 0.4) is 0 Å². The zero-order chi connectivity index (χ0) is 35.8. The quantitative estimate of drug-likeness (QED) is 0.0745. The van der Waals surface area contributed by atoms with Gasteiger partial charge in [-0.1, -0.05) is 17.9 Å². The second kappa shape index (κ2) is 16.1. The Morgan fingerprint density at radius 3 is 1.62 bits per heavy atom. The molecule has 0 aliphatic heterocycles. The van der Waals surface area contributed by atoms with E-state index < -0.39 is 35.8 Å². The molecule has 0 saturated heterocycles. The summed E-state index contributed by atoms with van der Waals surface area (Å²) in [7, 11) is -9.49. The summed E-state index contributed by atoms with van der Waals surface area (Å²) in [5.41, 5.74) is 19.6. The van der Waals surface area contributed by atoms with Gasteiger partial charge in [-0.05, 0) is 84.9 Å². The Bertz CT molecular complexity index is 2640. The molecule has 0 aliphatic rings. The predicted molar refractivity (Wildman–Crippen MR) is 184 cm³/mol. The molecular weight excluding hydrogens is 733 g/mol. The summed E-state index contributed by atoms with van der Waals surface area (Å²) in [6, 6.07) is 23.0. The molecule has 7 N–H and O–H groups in total. The minimum absolute atomic E-state index is 0. The van der Waals surface area contributed by atoms with Gasteiger partial charge in [0, 0.05) is 32.9 Å². The summed E-state index contributed by atoms with van der Waals surface area (Å²) in [6.45, 7) is 0. The third-order valence-electron chi connectivity index (χ3n) is 7.34. The number of fused-ring (bicyclic) bond motifs is 2. The van der Waals surface area contributed by atoms with Gasteiger partial charge in [0.05, 0.1) is 39.0 Å². The van der Waals surface area contributed by atoms with E-state index >= 15 is 0 Å². The van der Waals surface area contributed by atoms with Crippen molar-refractivity contribution >= 4 is 93.0 Å². The van der Waals surface area contributed by atoms with E-state index in [1.54, 1.807) is 54.6 Å². The van der Waals surface area contributed by atoms with E-state index in [1.807, 2.05) is 0 Å². The molecule has 0 amide bonds. The second-order valence-corrected chi connectivity index (χ2v) is 13.4. The van der Waals surface area contributed by atoms with Crippen LogP contribution in [0.25, 0.3) is 21.5 Å². The van der Waals surface area contributed by atoms with Crippen molar-refractivity contribution in [3.63, 3.8) is 0 Å². The van der Waals surface area contributed by atoms with E-state index in [0.717, 1.165) is 6.07 Å². The molecule has 0 bridgehead atoms. The van der Waals surface area contributed by atoms with E-state index in [-0.39, 0.29) is 92.6 Å². The Balaban J connectivity index is 0.00000302. The van der Waals surface area contributed by atoms with E-state index in [1.165, 1.54) is 36.4 Å². The van der Waals surface area contributed by atoms with Crippen LogP contribution in [0.15, 0.2) is 138 Å². The fraction of sp³-hybridized carbons (Fsp3) is 0. The van der Waals surface area contributed by atoms with E-state index in [0.29, 0.717) is 39.2 Å². The molecule has 0 fully saturated rings. The average molecular weight is 756 g/mol. The van der Waals surface area contributed by atoms with Crippen molar-refractivity contribution in [2.24, 2.45) is 30.7 Å². The number of nitrogens with zero attached hydrogens (tertiary/aromatic N) is 6. The van der Waals surface area contributed by atoms with Crippen LogP contribution in [0.2, 0.25) is 0 Å². The number of nitrogen functional groups attached to an aromatic ring is 3. The molecule has 52 heavy (non-hydrogen) atoms. The number of benzene rings is 6. The first kappa shape index (κ1) is 40.4. The third kappa shape index (κ3) is 8.81. The normalized spacial score (nSPS) is 12.1. The SMILES string of the molecule is Nc1ccc(N=Nc2cc(S(=O)(=O)O)c3ccc(N=Nc4ccc(N=Nc5ccc(N)c6cc(S(=O)(=O)[O-])ccc56)cc4)c([O-])c3c2N)cc1.[Na+].[Na+]. The molecule has 0 saturated carbocycles. The third-order valence-corrected chi connectivity index (χ3v) is 9.07. The van der Waals surface area contributed by atoms with E-state index in [4.69, 9.17) is 17.2 Å². The molecule has 0 atom stereocenters. The topological polar surface area (TPSA) is 287 Å². The Hall–Kier alpha value is -4.34. The van der Waals surface area contributed by atoms with Gasteiger partial charge in [0.1, 0.15) is 20.7 Å². The van der Waals surface area contributed by atoms with Gasteiger partial charge in [0.2, 0.25) is 0 Å². The summed E-state index contributed by atoms with van der Waals surface area (Å²) < 4.78 is 68.7. The van der Waals surface area contributed by atoms with Gasteiger partial charge in [-0.3, -0.25) is 4.55 Å². The van der Waals surface area contributed by atoms with Gasteiger partial charge in [0.25, 0.3) is 10.1 Å². The first-order chi connectivity index (χ1) is 23.7. The first-order valence-corrected chi connectivity index (χ1v) is 17.1. The van der Waals surface area contributed by atoms with Crippen molar-refractivity contribution in [1.29, 1.82) is 0 Å². The van der Waals surface area contributed by atoms with Crippen LogP contribution in [-0.2, 0) is 20.2 Å². The molecule has 20 heteroatoms. The van der Waals surface area contributed by atoms with Crippen LogP contribution in [0.4, 0.5) is 51.2 Å². The van der Waals surface area contributed by atoms with Crippen LogP contribution < -0.4 is 81.4 Å². The number of azo groups is 3. The monoisotopic (exact) mass is 755 g/mol. The van der Waals surface area contributed by atoms with Gasteiger partial charge >= 0.3 is 59.1 Å². The Kier molecular flexibility index (Phi) is 12.5. The molecule has 0 spiro atoms. The van der Waals surface area contributed by atoms with Crippen LogP contribution in [0, 0.1) is 0 Å². The van der Waals surface area contributed by atoms with Crippen molar-refractivity contribution in [2.45, 2.75) is 9.79 Å². The van der Waals surface area contributed by atoms with Gasteiger partial charge in [-0.2, -0.15) is 28.9 Å². The van der Waals surface area contributed by atoms with Gasteiger partial charge < -0.3 is 26.9 Å². The molecule has 0 aromatic heterocycles. The summed E-state index contributed by atoms with van der Waals surface area (Å²) in [5.74, 6) is -0.765. The number of rotatable bonds is 8. The molecule has 252 valence electrons. The second-order valence-electron chi connectivity index (χ2n) is 10.7. The molecule has 6 rings (SSSR count). The number of nitrogens with two attached hydrogens (primary N) is 3. The fourth-order valence-electron chi connectivity index (χ4n) is 4.87. The van der Waals surface area contributed by atoms with Gasteiger partial charge in [-0.15, -0.1) is 10.2 Å². The Morgan fingerprint density at radius 1 is 0.558 bits per heavy atom. The van der Waals surface area contributed by atoms with Crippen LogP contribution >= 0.6 is 0 Å². The number of hydrogen-bond donors (Lipinski definition) is 4. The smallest absolute Gasteiger partial charge is 0.870 e. The van der Waals surface area contributed by atoms with Crippen molar-refractivity contribution < 1.29 is 90.2 Å². The number of anilines is 3. The standard InChI is InChI=1S/C32H25N9O7S2.2Na/c33-17-1-3-18(4-2-17)38-41-28-16-29(50(46,47)48)23-11-13-27(32(42)30(23)31(28)35)40-37-20-7-5-19(6-8-20)36-39-26-14-12-25(34)24-15-21(49(43,44)45)9-10-22(24)26;;/h1-16,42H,33-35H2,(H,43,44,45)(H,46,47,48);;/q;2*+1/p-2. The maximum absolute atomic E-state index is 13.5. The van der Waals surface area contributed by atoms with Crippen molar-refractivity contribution in [1.82, 2.24) is 0 Å². The minimum Gasteiger partial charge on any atom is -0.870 e. The summed E-state index contributed by atoms with van der Waals surface area (Å²) >= 11 is 0. The van der Waals surface area contributed by atoms with Crippen LogP contribution in [0.5, 0.6) is 5.75 Å². The molecule has 0 aliphatic carbocycles. The summed E-state index contributed by atoms with van der Waals surface area (Å²) in [6.07, 6.45) is 0. The average Bonchev–Trinajstić information content (AvgIpc) is 3.07. The van der Waals surface area contributed by atoms with E-state index in [9.17, 15) is 31.0 Å². The van der Waals surface area contributed by atoms with E-state index in [2.05, 4.69) is 30.7 Å². The minimum atomic E-state index is -4.81. The van der Waals surface area contributed by atoms with Crippen molar-refractivity contribution in [3.05, 3.63) is 97.1 Å². The molecule has 6 aromatic carbocycles. The maximum Gasteiger partial charge on any atom is 1.00 e. The first-order valence-electron chi connectivity index (χ1n) is 14.2. The zero-order valence-corrected chi connectivity index (χ0v) is 33.0. The van der Waals surface area contributed by atoms with Crippen molar-refractivity contribution in [2.75, 3.05) is 17.2 Å². The van der Waals surface area contributed by atoms with Crippen LogP contribution in [0.1, 0.15) is 0 Å². The molecule has 0 radical (unpaired) electrons. The summed E-state index contributed by atoms with van der Waals surface area (Å²) in [4.78, 5) is -1.01. The Labute approximate surface area is 340 Å². The molecule has 16 nitrogen and oxygen atoms in total. The predicted octanol–water partition coefficient (Wildman–Crippen LogP) is 1.22. The van der Waals surface area contributed by atoms with Gasteiger partial charge in [-0.25, -0.2) is 8.42 Å². The molecule has 0 unspecified atom stereocenters. The largest absolute Gasteiger partial charge is 1.00 e.